The smallest absolute Gasteiger partial charge is 0.295 e. The van der Waals surface area contributed by atoms with Crippen LogP contribution < -0.4 is 9.64 Å². The van der Waals surface area contributed by atoms with Crippen molar-refractivity contribution in [3.63, 3.8) is 0 Å². The number of aliphatic hydroxyl groups is 1. The second-order valence-corrected chi connectivity index (χ2v) is 8.36. The van der Waals surface area contributed by atoms with Gasteiger partial charge in [0.05, 0.1) is 18.7 Å². The molecule has 0 bridgehead atoms. The maximum absolute atomic E-state index is 13.1. The monoisotopic (exact) mass is 420 g/mol. The number of benzene rings is 2. The van der Waals surface area contributed by atoms with Crippen LogP contribution in [0.5, 0.6) is 5.75 Å². The van der Waals surface area contributed by atoms with Crippen molar-refractivity contribution in [2.24, 2.45) is 0 Å². The number of anilines is 1. The number of amides is 1. The van der Waals surface area contributed by atoms with Crippen molar-refractivity contribution in [1.82, 2.24) is 4.90 Å². The fraction of sp³-hybridized carbons (Fsp3) is 0.360. The zero-order valence-electron chi connectivity index (χ0n) is 18.2. The van der Waals surface area contributed by atoms with Gasteiger partial charge in [-0.05, 0) is 54.8 Å². The fourth-order valence-corrected chi connectivity index (χ4v) is 4.60. The number of ketones is 1. The Morgan fingerprint density at radius 2 is 1.61 bits per heavy atom. The Kier molecular flexibility index (Phi) is 5.72. The molecule has 4 rings (SSSR count). The zero-order valence-corrected chi connectivity index (χ0v) is 18.2. The Balaban J connectivity index is 1.84. The van der Waals surface area contributed by atoms with Crippen LogP contribution in [0.3, 0.4) is 0 Å². The van der Waals surface area contributed by atoms with E-state index >= 15 is 0 Å². The average molecular weight is 421 g/mol. The number of rotatable bonds is 5. The SMILES string of the molecule is COc1ccc(/C(O)=C2/C(=O)C(=O)N(C3CCCC3)C2c2ccc(N(C)C)cc2)cc1. The minimum Gasteiger partial charge on any atom is -0.507 e. The third-order valence-corrected chi connectivity index (χ3v) is 6.29. The Morgan fingerprint density at radius 3 is 2.16 bits per heavy atom. The van der Waals surface area contributed by atoms with Crippen molar-refractivity contribution in [3.8, 4) is 5.75 Å². The van der Waals surface area contributed by atoms with E-state index in [9.17, 15) is 14.7 Å². The molecule has 6 heteroatoms. The van der Waals surface area contributed by atoms with Gasteiger partial charge < -0.3 is 19.6 Å². The molecule has 1 saturated carbocycles. The van der Waals surface area contributed by atoms with Gasteiger partial charge >= 0.3 is 0 Å². The molecule has 1 heterocycles. The first-order valence-corrected chi connectivity index (χ1v) is 10.6. The summed E-state index contributed by atoms with van der Waals surface area (Å²) in [5.74, 6) is -0.646. The molecule has 1 amide bonds. The molecule has 1 unspecified atom stereocenters. The number of carbonyl (C=O) groups is 2. The Bertz CT molecular complexity index is 1000. The van der Waals surface area contributed by atoms with E-state index in [0.29, 0.717) is 11.3 Å². The topological polar surface area (TPSA) is 70.1 Å². The maximum Gasteiger partial charge on any atom is 0.295 e. The van der Waals surface area contributed by atoms with E-state index in [4.69, 9.17) is 4.74 Å². The highest BCUT2D eigenvalue weighted by molar-refractivity contribution is 6.46. The summed E-state index contributed by atoms with van der Waals surface area (Å²) in [5, 5.41) is 11.1. The molecule has 1 N–H and O–H groups in total. The van der Waals surface area contributed by atoms with Crippen LogP contribution in [0.2, 0.25) is 0 Å². The molecule has 0 radical (unpaired) electrons. The summed E-state index contributed by atoms with van der Waals surface area (Å²) < 4.78 is 5.19. The van der Waals surface area contributed by atoms with Gasteiger partial charge in [0.25, 0.3) is 11.7 Å². The number of likely N-dealkylation sites (tertiary alicyclic amines) is 1. The van der Waals surface area contributed by atoms with E-state index in [1.807, 2.05) is 43.3 Å². The number of aliphatic hydroxyl groups excluding tert-OH is 1. The van der Waals surface area contributed by atoms with E-state index in [0.717, 1.165) is 36.9 Å². The summed E-state index contributed by atoms with van der Waals surface area (Å²) in [6.07, 6.45) is 3.83. The molecule has 1 aliphatic carbocycles. The van der Waals surface area contributed by atoms with Gasteiger partial charge in [-0.2, -0.15) is 0 Å². The van der Waals surface area contributed by atoms with Crippen molar-refractivity contribution in [2.45, 2.75) is 37.8 Å². The molecule has 2 fully saturated rings. The Labute approximate surface area is 182 Å². The van der Waals surface area contributed by atoms with Crippen LogP contribution in [-0.2, 0) is 9.59 Å². The molecule has 1 atom stereocenters. The zero-order chi connectivity index (χ0) is 22.1. The lowest BCUT2D eigenvalue weighted by Crippen LogP contribution is -2.37. The molecule has 0 spiro atoms. The Hall–Kier alpha value is -3.28. The van der Waals surface area contributed by atoms with E-state index < -0.39 is 17.7 Å². The third-order valence-electron chi connectivity index (χ3n) is 6.29. The molecule has 2 aliphatic rings. The first kappa shape index (κ1) is 21.0. The third kappa shape index (κ3) is 3.78. The van der Waals surface area contributed by atoms with Crippen molar-refractivity contribution >= 4 is 23.1 Å². The summed E-state index contributed by atoms with van der Waals surface area (Å²) in [6.45, 7) is 0. The maximum atomic E-state index is 13.1. The predicted molar refractivity (Wildman–Crippen MR) is 120 cm³/mol. The van der Waals surface area contributed by atoms with Gasteiger partial charge in [0.15, 0.2) is 0 Å². The van der Waals surface area contributed by atoms with Gasteiger partial charge in [-0.15, -0.1) is 0 Å². The van der Waals surface area contributed by atoms with E-state index in [1.54, 1.807) is 36.3 Å². The summed E-state index contributed by atoms with van der Waals surface area (Å²) >= 11 is 0. The fourth-order valence-electron chi connectivity index (χ4n) is 4.60. The normalized spacial score (nSPS) is 21.0. The van der Waals surface area contributed by atoms with Crippen LogP contribution in [0, 0.1) is 0 Å². The first-order chi connectivity index (χ1) is 14.9. The molecule has 6 nitrogen and oxygen atoms in total. The van der Waals surface area contributed by atoms with Crippen LogP contribution in [0.25, 0.3) is 5.76 Å². The number of nitrogens with zero attached hydrogens (tertiary/aromatic N) is 2. The quantitative estimate of drug-likeness (QED) is 0.448. The standard InChI is InChI=1S/C25H28N2O4/c1-26(2)18-12-8-16(9-13-18)22-21(23(28)17-10-14-20(31-3)15-11-17)24(29)25(30)27(22)19-6-4-5-7-19/h8-15,19,22,28H,4-7H2,1-3H3/b23-21-. The second kappa shape index (κ2) is 8.46. The van der Waals surface area contributed by atoms with Gasteiger partial charge in [-0.1, -0.05) is 25.0 Å². The van der Waals surface area contributed by atoms with Crippen LogP contribution in [0.4, 0.5) is 5.69 Å². The van der Waals surface area contributed by atoms with E-state index in [1.165, 1.54) is 0 Å². The van der Waals surface area contributed by atoms with Crippen molar-refractivity contribution in [3.05, 3.63) is 65.2 Å². The van der Waals surface area contributed by atoms with Gasteiger partial charge in [-0.3, -0.25) is 9.59 Å². The molecule has 1 aliphatic heterocycles. The number of Topliss-reactive ketones (excluding diaryl/α,β-unsaturated/α-hetero) is 1. The van der Waals surface area contributed by atoms with Crippen LogP contribution >= 0.6 is 0 Å². The lowest BCUT2D eigenvalue weighted by molar-refractivity contribution is -0.141. The van der Waals surface area contributed by atoms with Crippen molar-refractivity contribution in [1.29, 1.82) is 0 Å². The molecule has 2 aromatic carbocycles. The van der Waals surface area contributed by atoms with Crippen molar-refractivity contribution in [2.75, 3.05) is 26.1 Å². The average Bonchev–Trinajstić information content (AvgIpc) is 3.40. The molecule has 31 heavy (non-hydrogen) atoms. The van der Waals surface area contributed by atoms with Gasteiger partial charge in [-0.25, -0.2) is 0 Å². The minimum atomic E-state index is -0.623. The molecule has 2 aromatic rings. The predicted octanol–water partition coefficient (Wildman–Crippen LogP) is 4.13. The van der Waals surface area contributed by atoms with Gasteiger partial charge in [0, 0.05) is 31.4 Å². The van der Waals surface area contributed by atoms with Gasteiger partial charge in [0.1, 0.15) is 11.5 Å². The number of carbonyl (C=O) groups excluding carboxylic acids is 2. The van der Waals surface area contributed by atoms with Crippen molar-refractivity contribution < 1.29 is 19.4 Å². The second-order valence-electron chi connectivity index (χ2n) is 8.36. The minimum absolute atomic E-state index is 0.0103. The highest BCUT2D eigenvalue weighted by atomic mass is 16.5. The summed E-state index contributed by atoms with van der Waals surface area (Å²) in [7, 11) is 5.49. The summed E-state index contributed by atoms with van der Waals surface area (Å²) in [4.78, 5) is 29.9. The number of methoxy groups -OCH3 is 1. The van der Waals surface area contributed by atoms with Crippen LogP contribution in [0.15, 0.2) is 54.1 Å². The largest absolute Gasteiger partial charge is 0.507 e. The first-order valence-electron chi connectivity index (χ1n) is 10.6. The van der Waals surface area contributed by atoms with Crippen LogP contribution in [0.1, 0.15) is 42.9 Å². The molecule has 1 saturated heterocycles. The molecule has 162 valence electrons. The number of hydrogen-bond acceptors (Lipinski definition) is 5. The highest BCUT2D eigenvalue weighted by Crippen LogP contribution is 2.43. The number of ether oxygens (including phenoxy) is 1. The summed E-state index contributed by atoms with van der Waals surface area (Å²) in [5.41, 5.74) is 2.49. The van der Waals surface area contributed by atoms with E-state index in [-0.39, 0.29) is 17.4 Å². The lowest BCUT2D eigenvalue weighted by Gasteiger charge is -2.31. The summed E-state index contributed by atoms with van der Waals surface area (Å²) in [6, 6.07) is 14.1. The van der Waals surface area contributed by atoms with Crippen LogP contribution in [-0.4, -0.2) is 48.9 Å². The Morgan fingerprint density at radius 1 is 1.00 bits per heavy atom. The van der Waals surface area contributed by atoms with Gasteiger partial charge in [0.2, 0.25) is 0 Å². The number of hydrogen-bond donors (Lipinski definition) is 1. The molecular formula is C25H28N2O4. The molecule has 0 aromatic heterocycles. The highest BCUT2D eigenvalue weighted by Gasteiger charge is 2.49. The lowest BCUT2D eigenvalue weighted by atomic mass is 9.94. The van der Waals surface area contributed by atoms with E-state index in [2.05, 4.69) is 0 Å². The molecular weight excluding hydrogens is 392 g/mol.